The molecule has 1 aromatic rings. The topological polar surface area (TPSA) is 168 Å². The van der Waals surface area contributed by atoms with Crippen LogP contribution in [0.2, 0.25) is 0 Å². The van der Waals surface area contributed by atoms with Gasteiger partial charge in [0, 0.05) is 12.8 Å². The third-order valence-electron chi connectivity index (χ3n) is 4.31. The maximum atomic E-state index is 12.6. The molecule has 2 atom stereocenters. The van der Waals surface area contributed by atoms with Crippen molar-refractivity contribution in [2.45, 2.75) is 51.6 Å². The van der Waals surface area contributed by atoms with Gasteiger partial charge in [-0.1, -0.05) is 44.2 Å². The zero-order chi connectivity index (χ0) is 23.4. The van der Waals surface area contributed by atoms with Crippen LogP contribution in [0.3, 0.4) is 0 Å². The van der Waals surface area contributed by atoms with Gasteiger partial charge in [-0.25, -0.2) is 0 Å². The first-order valence-corrected chi connectivity index (χ1v) is 10.00. The van der Waals surface area contributed by atoms with Crippen LogP contribution >= 0.6 is 0 Å². The molecule has 10 nitrogen and oxygen atoms in total. The van der Waals surface area contributed by atoms with Crippen LogP contribution in [-0.2, 0) is 30.4 Å². The number of carbonyl (C=O) groups excluding carboxylic acids is 4. The standard InChI is InChI=1S/C21H30N4O6/c1-13(2)10-15(20(22)30)24-18(27)12-23-21(31)16(11-14-6-4-3-5-7-14)25-17(26)8-9-19(28)29/h3-7,13,15-16H,8-12H2,1-2H3,(H2,22,30)(H,23,31)(H,24,27)(H,25,26)(H,28,29)/t15-,16-/m0/s1. The molecule has 0 spiro atoms. The van der Waals surface area contributed by atoms with Crippen molar-refractivity contribution in [3.05, 3.63) is 35.9 Å². The van der Waals surface area contributed by atoms with E-state index < -0.39 is 48.2 Å². The molecule has 0 aliphatic rings. The molecule has 0 radical (unpaired) electrons. The monoisotopic (exact) mass is 434 g/mol. The number of carbonyl (C=O) groups is 5. The quantitative estimate of drug-likeness (QED) is 0.286. The minimum atomic E-state index is -1.12. The van der Waals surface area contributed by atoms with Crippen LogP contribution in [0.15, 0.2) is 30.3 Å². The Morgan fingerprint density at radius 2 is 1.55 bits per heavy atom. The van der Waals surface area contributed by atoms with E-state index in [0.717, 1.165) is 5.56 Å². The van der Waals surface area contributed by atoms with E-state index in [1.54, 1.807) is 30.3 Å². The molecule has 0 saturated carbocycles. The van der Waals surface area contributed by atoms with Crippen molar-refractivity contribution in [2.75, 3.05) is 6.54 Å². The molecule has 0 aromatic heterocycles. The number of primary amides is 1. The summed E-state index contributed by atoms with van der Waals surface area (Å²) < 4.78 is 0. The molecule has 4 amide bonds. The number of hydrogen-bond donors (Lipinski definition) is 5. The smallest absolute Gasteiger partial charge is 0.303 e. The van der Waals surface area contributed by atoms with Gasteiger partial charge in [0.15, 0.2) is 0 Å². The average Bonchev–Trinajstić information content (AvgIpc) is 2.69. The molecule has 0 bridgehead atoms. The molecule has 1 rings (SSSR count). The van der Waals surface area contributed by atoms with Crippen LogP contribution in [0.4, 0.5) is 0 Å². The van der Waals surface area contributed by atoms with Gasteiger partial charge >= 0.3 is 5.97 Å². The number of carboxylic acid groups (broad SMARTS) is 1. The fourth-order valence-electron chi connectivity index (χ4n) is 2.80. The molecule has 0 aliphatic carbocycles. The van der Waals surface area contributed by atoms with Crippen LogP contribution in [0.1, 0.15) is 38.7 Å². The number of carboxylic acids is 1. The summed E-state index contributed by atoms with van der Waals surface area (Å²) in [5.74, 6) is -3.45. The Morgan fingerprint density at radius 3 is 2.10 bits per heavy atom. The SMILES string of the molecule is CC(C)C[C@H](NC(=O)CNC(=O)[C@H](Cc1ccccc1)NC(=O)CCC(=O)O)C(N)=O. The number of nitrogens with two attached hydrogens (primary N) is 1. The molecular weight excluding hydrogens is 404 g/mol. The van der Waals surface area contributed by atoms with Gasteiger partial charge in [0.25, 0.3) is 0 Å². The molecule has 6 N–H and O–H groups in total. The Bertz CT molecular complexity index is 781. The number of hydrogen-bond acceptors (Lipinski definition) is 5. The van der Waals surface area contributed by atoms with Crippen LogP contribution in [0.25, 0.3) is 0 Å². The molecule has 0 aliphatic heterocycles. The summed E-state index contributed by atoms with van der Waals surface area (Å²) >= 11 is 0. The highest BCUT2D eigenvalue weighted by molar-refractivity contribution is 5.92. The third-order valence-corrected chi connectivity index (χ3v) is 4.31. The Hall–Kier alpha value is -3.43. The van der Waals surface area contributed by atoms with Crippen molar-refractivity contribution < 1.29 is 29.1 Å². The van der Waals surface area contributed by atoms with E-state index in [-0.39, 0.29) is 25.2 Å². The molecule has 31 heavy (non-hydrogen) atoms. The molecule has 0 saturated heterocycles. The van der Waals surface area contributed by atoms with Crippen molar-refractivity contribution in [3.8, 4) is 0 Å². The molecule has 0 heterocycles. The van der Waals surface area contributed by atoms with Gasteiger partial charge in [0.2, 0.25) is 23.6 Å². The molecule has 0 fully saturated rings. The maximum Gasteiger partial charge on any atom is 0.303 e. The van der Waals surface area contributed by atoms with Gasteiger partial charge < -0.3 is 26.8 Å². The van der Waals surface area contributed by atoms with Crippen molar-refractivity contribution in [1.82, 2.24) is 16.0 Å². The van der Waals surface area contributed by atoms with Gasteiger partial charge in [-0.2, -0.15) is 0 Å². The van der Waals surface area contributed by atoms with Crippen molar-refractivity contribution in [1.29, 1.82) is 0 Å². The van der Waals surface area contributed by atoms with Crippen molar-refractivity contribution in [2.24, 2.45) is 11.7 Å². The normalized spacial score (nSPS) is 12.5. The summed E-state index contributed by atoms with van der Waals surface area (Å²) in [5, 5.41) is 16.1. The number of aliphatic carboxylic acids is 1. The van der Waals surface area contributed by atoms with Crippen LogP contribution < -0.4 is 21.7 Å². The lowest BCUT2D eigenvalue weighted by Gasteiger charge is -2.20. The summed E-state index contributed by atoms with van der Waals surface area (Å²) in [6.07, 6.45) is -0.113. The predicted molar refractivity (Wildman–Crippen MR) is 113 cm³/mol. The number of amides is 4. The lowest BCUT2D eigenvalue weighted by molar-refractivity contribution is -0.139. The largest absolute Gasteiger partial charge is 0.481 e. The highest BCUT2D eigenvalue weighted by Crippen LogP contribution is 2.05. The summed E-state index contributed by atoms with van der Waals surface area (Å²) in [6, 6.07) is 7.07. The lowest BCUT2D eigenvalue weighted by atomic mass is 10.0. The fourth-order valence-corrected chi connectivity index (χ4v) is 2.80. The molecular formula is C21H30N4O6. The Kier molecular flexibility index (Phi) is 10.7. The maximum absolute atomic E-state index is 12.6. The first-order chi connectivity index (χ1) is 14.6. The number of nitrogens with one attached hydrogen (secondary N) is 3. The fraction of sp³-hybridized carbons (Fsp3) is 0.476. The summed E-state index contributed by atoms with van der Waals surface area (Å²) in [7, 11) is 0. The third kappa shape index (κ3) is 10.8. The first-order valence-electron chi connectivity index (χ1n) is 10.00. The molecule has 1 aromatic carbocycles. The van der Waals surface area contributed by atoms with Gasteiger partial charge in [-0.3, -0.25) is 24.0 Å². The first kappa shape index (κ1) is 25.6. The van der Waals surface area contributed by atoms with Crippen molar-refractivity contribution in [3.63, 3.8) is 0 Å². The molecule has 10 heteroatoms. The summed E-state index contributed by atoms with van der Waals surface area (Å²) in [6.45, 7) is 3.35. The van der Waals surface area contributed by atoms with E-state index >= 15 is 0 Å². The summed E-state index contributed by atoms with van der Waals surface area (Å²) in [4.78, 5) is 58.9. The Balaban J connectivity index is 2.72. The van der Waals surface area contributed by atoms with E-state index in [9.17, 15) is 24.0 Å². The van der Waals surface area contributed by atoms with E-state index in [1.807, 2.05) is 13.8 Å². The van der Waals surface area contributed by atoms with Gasteiger partial charge in [0.05, 0.1) is 13.0 Å². The zero-order valence-electron chi connectivity index (χ0n) is 17.7. The van der Waals surface area contributed by atoms with Gasteiger partial charge in [-0.05, 0) is 17.9 Å². The van der Waals surface area contributed by atoms with Gasteiger partial charge in [-0.15, -0.1) is 0 Å². The van der Waals surface area contributed by atoms with E-state index in [4.69, 9.17) is 10.8 Å². The number of rotatable bonds is 13. The second-order valence-electron chi connectivity index (χ2n) is 7.57. The second-order valence-corrected chi connectivity index (χ2v) is 7.57. The van der Waals surface area contributed by atoms with Gasteiger partial charge in [0.1, 0.15) is 12.1 Å². The van der Waals surface area contributed by atoms with E-state index in [2.05, 4.69) is 16.0 Å². The minimum Gasteiger partial charge on any atom is -0.481 e. The molecule has 0 unspecified atom stereocenters. The zero-order valence-corrected chi connectivity index (χ0v) is 17.7. The minimum absolute atomic E-state index is 0.128. The summed E-state index contributed by atoms with van der Waals surface area (Å²) in [5.41, 5.74) is 6.07. The second kappa shape index (κ2) is 13.0. The van der Waals surface area contributed by atoms with Crippen LogP contribution in [0.5, 0.6) is 0 Å². The van der Waals surface area contributed by atoms with Crippen molar-refractivity contribution >= 4 is 29.6 Å². The lowest BCUT2D eigenvalue weighted by Crippen LogP contribution is -2.52. The van der Waals surface area contributed by atoms with Crippen LogP contribution in [0, 0.1) is 5.92 Å². The average molecular weight is 434 g/mol. The predicted octanol–water partition coefficient (Wildman–Crippen LogP) is -0.289. The van der Waals surface area contributed by atoms with Crippen LogP contribution in [-0.4, -0.2) is 53.3 Å². The number of benzene rings is 1. The molecule has 170 valence electrons. The highest BCUT2D eigenvalue weighted by Gasteiger charge is 2.23. The Morgan fingerprint density at radius 1 is 0.935 bits per heavy atom. The van der Waals surface area contributed by atoms with E-state index in [1.165, 1.54) is 0 Å². The Labute approximate surface area is 180 Å². The highest BCUT2D eigenvalue weighted by atomic mass is 16.4. The van der Waals surface area contributed by atoms with E-state index in [0.29, 0.717) is 6.42 Å².